The van der Waals surface area contributed by atoms with Crippen molar-refractivity contribution in [1.82, 2.24) is 24.8 Å². The second-order valence-corrected chi connectivity index (χ2v) is 9.16. The Morgan fingerprint density at radius 3 is 2.68 bits per heavy atom. The number of aromatic nitrogens is 2. The molecule has 0 saturated carbocycles. The van der Waals surface area contributed by atoms with Crippen molar-refractivity contribution in [1.29, 1.82) is 0 Å². The van der Waals surface area contributed by atoms with Gasteiger partial charge < -0.3 is 19.4 Å². The number of piperidine rings is 2. The van der Waals surface area contributed by atoms with Gasteiger partial charge in [0, 0.05) is 51.6 Å². The predicted molar refractivity (Wildman–Crippen MR) is 104 cm³/mol. The maximum atomic E-state index is 12.8. The fourth-order valence-electron chi connectivity index (χ4n) is 4.78. The largest absolute Gasteiger partial charge is 0.389 e. The van der Waals surface area contributed by atoms with Gasteiger partial charge in [0.15, 0.2) is 5.82 Å². The van der Waals surface area contributed by atoms with Crippen molar-refractivity contribution in [3.05, 3.63) is 11.7 Å². The molecule has 0 aliphatic carbocycles. The Morgan fingerprint density at radius 1 is 1.18 bits per heavy atom. The third-order valence-corrected chi connectivity index (χ3v) is 6.46. The average Bonchev–Trinajstić information content (AvgIpc) is 3.33. The summed E-state index contributed by atoms with van der Waals surface area (Å²) in [6.45, 7) is 9.50. The number of carbonyl (C=O) groups excluding carboxylic acids is 1. The minimum absolute atomic E-state index is 0.0728. The van der Waals surface area contributed by atoms with Crippen LogP contribution in [0.5, 0.6) is 0 Å². The number of rotatable bonds is 4. The zero-order chi connectivity index (χ0) is 19.7. The first-order valence-corrected chi connectivity index (χ1v) is 10.7. The normalized spacial score (nSPS) is 28.8. The van der Waals surface area contributed by atoms with Crippen LogP contribution in [0.15, 0.2) is 4.52 Å². The molecule has 8 nitrogen and oxygen atoms in total. The van der Waals surface area contributed by atoms with Crippen LogP contribution in [0.25, 0.3) is 0 Å². The van der Waals surface area contributed by atoms with Gasteiger partial charge in [-0.05, 0) is 31.6 Å². The molecule has 0 spiro atoms. The van der Waals surface area contributed by atoms with Crippen molar-refractivity contribution in [2.45, 2.75) is 58.1 Å². The zero-order valence-corrected chi connectivity index (χ0v) is 17.1. The quantitative estimate of drug-likeness (QED) is 0.841. The predicted octanol–water partition coefficient (Wildman–Crippen LogP) is 1.74. The van der Waals surface area contributed by atoms with Crippen LogP contribution in [0, 0.1) is 11.8 Å². The summed E-state index contributed by atoms with van der Waals surface area (Å²) in [6, 6.07) is 0.146. The smallest absolute Gasteiger partial charge is 0.320 e. The van der Waals surface area contributed by atoms with Gasteiger partial charge in [0.2, 0.25) is 5.89 Å². The highest BCUT2D eigenvalue weighted by molar-refractivity contribution is 5.74. The van der Waals surface area contributed by atoms with Crippen molar-refractivity contribution in [3.63, 3.8) is 0 Å². The van der Waals surface area contributed by atoms with E-state index in [4.69, 9.17) is 4.52 Å². The van der Waals surface area contributed by atoms with Gasteiger partial charge in [-0.25, -0.2) is 4.79 Å². The fraction of sp³-hybridized carbons (Fsp3) is 0.850. The van der Waals surface area contributed by atoms with Crippen molar-refractivity contribution < 1.29 is 14.4 Å². The van der Waals surface area contributed by atoms with Gasteiger partial charge in [-0.2, -0.15) is 4.98 Å². The standard InChI is InChI=1S/C20H33N5O3/c1-15(2)11-18-21-17(22-28-18)14-23-9-5-20(27)6-10-25(13-16(20)12-23)19(26)24-7-3-4-8-24/h15-16,27H,3-14H2,1-2H3/t16-,20-/m1/s1. The van der Waals surface area contributed by atoms with Gasteiger partial charge in [0.05, 0.1) is 12.1 Å². The van der Waals surface area contributed by atoms with E-state index >= 15 is 0 Å². The number of amides is 2. The van der Waals surface area contributed by atoms with Gasteiger partial charge in [-0.15, -0.1) is 0 Å². The van der Waals surface area contributed by atoms with Crippen LogP contribution >= 0.6 is 0 Å². The first-order chi connectivity index (χ1) is 13.4. The Labute approximate surface area is 166 Å². The first kappa shape index (κ1) is 19.6. The van der Waals surface area contributed by atoms with Crippen LogP contribution in [0.3, 0.4) is 0 Å². The lowest BCUT2D eigenvalue weighted by Gasteiger charge is -2.50. The zero-order valence-electron chi connectivity index (χ0n) is 17.1. The molecule has 0 unspecified atom stereocenters. The Kier molecular flexibility index (Phi) is 5.60. The highest BCUT2D eigenvalue weighted by atomic mass is 16.5. The number of hydrogen-bond acceptors (Lipinski definition) is 6. The highest BCUT2D eigenvalue weighted by Crippen LogP contribution is 2.36. The van der Waals surface area contributed by atoms with E-state index in [-0.39, 0.29) is 11.9 Å². The number of urea groups is 1. The van der Waals surface area contributed by atoms with Gasteiger partial charge in [-0.3, -0.25) is 4.90 Å². The number of carbonyl (C=O) groups is 1. The number of fused-ring (bicyclic) bond motifs is 1. The summed E-state index contributed by atoms with van der Waals surface area (Å²) >= 11 is 0. The van der Waals surface area contributed by atoms with E-state index in [0.717, 1.165) is 51.9 Å². The van der Waals surface area contributed by atoms with E-state index in [1.165, 1.54) is 0 Å². The molecular weight excluding hydrogens is 358 g/mol. The lowest BCUT2D eigenvalue weighted by molar-refractivity contribution is -0.109. The van der Waals surface area contributed by atoms with E-state index in [0.29, 0.717) is 43.7 Å². The maximum Gasteiger partial charge on any atom is 0.320 e. The molecule has 3 fully saturated rings. The summed E-state index contributed by atoms with van der Waals surface area (Å²) in [4.78, 5) is 23.5. The van der Waals surface area contributed by atoms with E-state index in [2.05, 4.69) is 28.9 Å². The topological polar surface area (TPSA) is 85.9 Å². The van der Waals surface area contributed by atoms with Gasteiger partial charge in [0.1, 0.15) is 0 Å². The first-order valence-electron chi connectivity index (χ1n) is 10.7. The molecule has 2 atom stereocenters. The van der Waals surface area contributed by atoms with Crippen LogP contribution < -0.4 is 0 Å². The Morgan fingerprint density at radius 2 is 1.93 bits per heavy atom. The molecule has 1 N–H and O–H groups in total. The van der Waals surface area contributed by atoms with E-state index in [1.807, 2.05) is 9.80 Å². The summed E-state index contributed by atoms with van der Waals surface area (Å²) in [5.41, 5.74) is -0.654. The van der Waals surface area contributed by atoms with Gasteiger partial charge >= 0.3 is 6.03 Å². The minimum Gasteiger partial charge on any atom is -0.389 e. The lowest BCUT2D eigenvalue weighted by atomic mass is 9.75. The number of likely N-dealkylation sites (tertiary alicyclic amines) is 3. The highest BCUT2D eigenvalue weighted by Gasteiger charge is 2.46. The SMILES string of the molecule is CC(C)Cc1nc(CN2CC[C@@]3(O)CCN(C(=O)N4CCCC4)C[C@H]3C2)no1. The molecule has 4 rings (SSSR count). The molecule has 0 aromatic carbocycles. The molecule has 8 heteroatoms. The molecule has 3 aliphatic heterocycles. The van der Waals surface area contributed by atoms with Crippen molar-refractivity contribution >= 4 is 6.03 Å². The number of aliphatic hydroxyl groups is 1. The summed E-state index contributed by atoms with van der Waals surface area (Å²) in [6.07, 6.45) is 4.41. The van der Waals surface area contributed by atoms with E-state index < -0.39 is 5.60 Å². The fourth-order valence-corrected chi connectivity index (χ4v) is 4.78. The molecular formula is C20H33N5O3. The third kappa shape index (κ3) is 4.17. The molecule has 1 aromatic rings. The van der Waals surface area contributed by atoms with Crippen molar-refractivity contribution in [2.75, 3.05) is 39.3 Å². The van der Waals surface area contributed by atoms with Crippen LogP contribution in [0.2, 0.25) is 0 Å². The van der Waals surface area contributed by atoms with Gasteiger partial charge in [0.25, 0.3) is 0 Å². The van der Waals surface area contributed by atoms with Crippen molar-refractivity contribution in [3.8, 4) is 0 Å². The van der Waals surface area contributed by atoms with Crippen LogP contribution in [-0.4, -0.2) is 80.8 Å². The molecule has 2 amide bonds. The minimum atomic E-state index is -0.654. The maximum absolute atomic E-state index is 12.8. The number of nitrogens with zero attached hydrogens (tertiary/aromatic N) is 5. The molecule has 0 radical (unpaired) electrons. The van der Waals surface area contributed by atoms with Crippen LogP contribution in [0.1, 0.15) is 51.2 Å². The van der Waals surface area contributed by atoms with Gasteiger partial charge in [-0.1, -0.05) is 19.0 Å². The third-order valence-electron chi connectivity index (χ3n) is 6.46. The molecule has 3 saturated heterocycles. The molecule has 3 aliphatic rings. The Balaban J connectivity index is 1.36. The number of hydrogen-bond donors (Lipinski definition) is 1. The molecule has 0 bridgehead atoms. The summed E-state index contributed by atoms with van der Waals surface area (Å²) in [7, 11) is 0. The average molecular weight is 392 g/mol. The van der Waals surface area contributed by atoms with Crippen molar-refractivity contribution in [2.24, 2.45) is 11.8 Å². The molecule has 1 aromatic heterocycles. The van der Waals surface area contributed by atoms with Crippen LogP contribution in [0.4, 0.5) is 4.79 Å². The summed E-state index contributed by atoms with van der Waals surface area (Å²) in [5, 5.41) is 15.2. The molecule has 156 valence electrons. The van der Waals surface area contributed by atoms with E-state index in [1.54, 1.807) is 0 Å². The second-order valence-electron chi connectivity index (χ2n) is 9.16. The molecule has 4 heterocycles. The Bertz CT molecular complexity index is 687. The summed E-state index contributed by atoms with van der Waals surface area (Å²) in [5.74, 6) is 1.96. The Hall–Kier alpha value is -1.67. The summed E-state index contributed by atoms with van der Waals surface area (Å²) < 4.78 is 5.35. The monoisotopic (exact) mass is 391 g/mol. The second kappa shape index (κ2) is 7.99. The van der Waals surface area contributed by atoms with Crippen LogP contribution in [-0.2, 0) is 13.0 Å². The van der Waals surface area contributed by atoms with E-state index in [9.17, 15) is 9.90 Å². The lowest BCUT2D eigenvalue weighted by Crippen LogP contribution is -2.61. The molecule has 28 heavy (non-hydrogen) atoms.